The third-order valence-electron chi connectivity index (χ3n) is 3.61. The second-order valence-electron chi connectivity index (χ2n) is 5.20. The van der Waals surface area contributed by atoms with Crippen LogP contribution in [0.25, 0.3) is 5.65 Å². The minimum atomic E-state index is -0.227. The molecule has 8 nitrogen and oxygen atoms in total. The maximum Gasteiger partial charge on any atom is 0.271 e. The number of fused-ring (bicyclic) bond motifs is 1. The van der Waals surface area contributed by atoms with Gasteiger partial charge >= 0.3 is 0 Å². The lowest BCUT2D eigenvalue weighted by Crippen LogP contribution is -2.37. The molecule has 2 aromatic rings. The number of hydrogen-bond acceptors (Lipinski definition) is 6. The van der Waals surface area contributed by atoms with Crippen molar-refractivity contribution >= 4 is 29.0 Å². The highest BCUT2D eigenvalue weighted by molar-refractivity contribution is 6.29. The first-order valence-corrected chi connectivity index (χ1v) is 7.88. The maximum atomic E-state index is 12.2. The lowest BCUT2D eigenvalue weighted by Gasteiger charge is -2.28. The van der Waals surface area contributed by atoms with Crippen molar-refractivity contribution in [1.29, 1.82) is 0 Å². The van der Waals surface area contributed by atoms with Crippen molar-refractivity contribution < 1.29 is 9.53 Å². The van der Waals surface area contributed by atoms with E-state index in [2.05, 4.69) is 25.6 Å². The van der Waals surface area contributed by atoms with Crippen LogP contribution in [0, 0.1) is 0 Å². The number of carbonyl (C=O) groups excluding carboxylic acids is 1. The number of amides is 1. The first-order valence-electron chi connectivity index (χ1n) is 7.51. The van der Waals surface area contributed by atoms with E-state index in [9.17, 15) is 4.79 Å². The summed E-state index contributed by atoms with van der Waals surface area (Å²) in [4.78, 5) is 18.5. The van der Waals surface area contributed by atoms with E-state index >= 15 is 0 Å². The number of morpholine rings is 1. The van der Waals surface area contributed by atoms with Gasteiger partial charge in [-0.1, -0.05) is 11.6 Å². The fourth-order valence-electron chi connectivity index (χ4n) is 2.45. The average molecular weight is 339 g/mol. The molecule has 1 aliphatic rings. The van der Waals surface area contributed by atoms with Crippen molar-refractivity contribution in [3.8, 4) is 0 Å². The highest BCUT2D eigenvalue weighted by Crippen LogP contribution is 2.21. The lowest BCUT2D eigenvalue weighted by atomic mass is 10.4. The molecule has 0 saturated carbocycles. The Morgan fingerprint density at radius 3 is 2.87 bits per heavy atom. The van der Waals surface area contributed by atoms with Crippen molar-refractivity contribution in [3.63, 3.8) is 0 Å². The number of hydrogen-bond donors (Lipinski definition) is 2. The Morgan fingerprint density at radius 1 is 1.35 bits per heavy atom. The SMILES string of the molecule is CNCCNC(=O)c1cc2nc(Cl)cc(N3CCOCC3)n2n1. The van der Waals surface area contributed by atoms with E-state index in [0.717, 1.165) is 18.9 Å². The molecule has 9 heteroatoms. The molecule has 0 spiro atoms. The molecular formula is C14H19ClN6O2. The quantitative estimate of drug-likeness (QED) is 0.597. The van der Waals surface area contributed by atoms with Gasteiger partial charge in [0.25, 0.3) is 5.91 Å². The van der Waals surface area contributed by atoms with Crippen molar-refractivity contribution in [1.82, 2.24) is 25.2 Å². The number of ether oxygens (including phenoxy) is 1. The summed E-state index contributed by atoms with van der Waals surface area (Å²) in [5.41, 5.74) is 0.878. The summed E-state index contributed by atoms with van der Waals surface area (Å²) in [5.74, 6) is 0.590. The minimum absolute atomic E-state index is 0.227. The van der Waals surface area contributed by atoms with E-state index in [1.807, 2.05) is 7.05 Å². The van der Waals surface area contributed by atoms with E-state index < -0.39 is 0 Å². The normalized spacial score (nSPS) is 15.1. The Balaban J connectivity index is 1.90. The monoisotopic (exact) mass is 338 g/mol. The Kier molecular flexibility index (Phi) is 4.94. The number of nitrogens with zero attached hydrogens (tertiary/aromatic N) is 4. The number of halogens is 1. The minimum Gasteiger partial charge on any atom is -0.378 e. The zero-order valence-electron chi connectivity index (χ0n) is 12.9. The fraction of sp³-hybridized carbons (Fsp3) is 0.500. The predicted octanol–water partition coefficient (Wildman–Crippen LogP) is 0.169. The van der Waals surface area contributed by atoms with Crippen LogP contribution in [0.15, 0.2) is 12.1 Å². The van der Waals surface area contributed by atoms with Crippen LogP contribution < -0.4 is 15.5 Å². The zero-order valence-corrected chi connectivity index (χ0v) is 13.6. The van der Waals surface area contributed by atoms with Crippen molar-refractivity contribution in [2.24, 2.45) is 0 Å². The van der Waals surface area contributed by atoms with E-state index in [0.29, 0.717) is 42.8 Å². The molecule has 1 saturated heterocycles. The Morgan fingerprint density at radius 2 is 2.13 bits per heavy atom. The third-order valence-corrected chi connectivity index (χ3v) is 3.80. The molecule has 3 rings (SSSR count). The first-order chi connectivity index (χ1) is 11.2. The second kappa shape index (κ2) is 7.12. The molecule has 23 heavy (non-hydrogen) atoms. The number of carbonyl (C=O) groups is 1. The molecular weight excluding hydrogens is 320 g/mol. The molecule has 0 aliphatic carbocycles. The molecule has 1 amide bonds. The van der Waals surface area contributed by atoms with Gasteiger partial charge in [-0.2, -0.15) is 9.61 Å². The van der Waals surface area contributed by atoms with E-state index in [-0.39, 0.29) is 5.91 Å². The topological polar surface area (TPSA) is 83.8 Å². The molecule has 1 fully saturated rings. The third kappa shape index (κ3) is 3.54. The van der Waals surface area contributed by atoms with Crippen LogP contribution in [0.2, 0.25) is 5.15 Å². The first kappa shape index (κ1) is 16.0. The smallest absolute Gasteiger partial charge is 0.271 e. The second-order valence-corrected chi connectivity index (χ2v) is 5.58. The van der Waals surface area contributed by atoms with E-state index in [1.165, 1.54) is 0 Å². The molecule has 124 valence electrons. The Bertz CT molecular complexity index is 698. The van der Waals surface area contributed by atoms with Crippen LogP contribution in [0.4, 0.5) is 5.82 Å². The zero-order chi connectivity index (χ0) is 16.2. The van der Waals surface area contributed by atoms with Gasteiger partial charge in [0.05, 0.1) is 13.2 Å². The average Bonchev–Trinajstić information content (AvgIpc) is 2.99. The summed E-state index contributed by atoms with van der Waals surface area (Å²) in [5, 5.41) is 10.5. The van der Waals surface area contributed by atoms with E-state index in [4.69, 9.17) is 16.3 Å². The van der Waals surface area contributed by atoms with Gasteiger partial charge in [0.1, 0.15) is 11.0 Å². The van der Waals surface area contributed by atoms with Crippen LogP contribution in [0.5, 0.6) is 0 Å². The molecule has 0 bridgehead atoms. The number of anilines is 1. The fourth-order valence-corrected chi connectivity index (χ4v) is 2.63. The van der Waals surface area contributed by atoms with Crippen LogP contribution in [-0.4, -0.2) is 66.9 Å². The molecule has 3 heterocycles. The Labute approximate surface area is 138 Å². The lowest BCUT2D eigenvalue weighted by molar-refractivity contribution is 0.0948. The maximum absolute atomic E-state index is 12.2. The highest BCUT2D eigenvalue weighted by atomic mass is 35.5. The summed E-state index contributed by atoms with van der Waals surface area (Å²) in [6.07, 6.45) is 0. The molecule has 2 N–H and O–H groups in total. The highest BCUT2D eigenvalue weighted by Gasteiger charge is 2.19. The van der Waals surface area contributed by atoms with Gasteiger partial charge in [-0.05, 0) is 7.05 Å². The van der Waals surface area contributed by atoms with E-state index in [1.54, 1.807) is 16.6 Å². The molecule has 1 aliphatic heterocycles. The summed E-state index contributed by atoms with van der Waals surface area (Å²) >= 11 is 6.12. The van der Waals surface area contributed by atoms with Crippen molar-refractivity contribution in [2.75, 3.05) is 51.3 Å². The van der Waals surface area contributed by atoms with Gasteiger partial charge in [0.15, 0.2) is 11.3 Å². The number of rotatable bonds is 5. The van der Waals surface area contributed by atoms with Gasteiger partial charge in [-0.15, -0.1) is 0 Å². The summed E-state index contributed by atoms with van der Waals surface area (Å²) in [7, 11) is 1.83. The summed E-state index contributed by atoms with van der Waals surface area (Å²) in [6.45, 7) is 4.04. The molecule has 2 aromatic heterocycles. The molecule has 0 aromatic carbocycles. The molecule has 0 unspecified atom stereocenters. The van der Waals surface area contributed by atoms with Gasteiger partial charge in [0, 0.05) is 38.3 Å². The van der Waals surface area contributed by atoms with Crippen LogP contribution >= 0.6 is 11.6 Å². The van der Waals surface area contributed by atoms with Crippen molar-refractivity contribution in [3.05, 3.63) is 23.0 Å². The standard InChI is InChI=1S/C14H19ClN6O2/c1-16-2-3-17-14(22)10-8-12-18-11(15)9-13(21(12)19-10)20-4-6-23-7-5-20/h8-9,16H,2-7H2,1H3,(H,17,22). The number of nitrogens with one attached hydrogen (secondary N) is 2. The van der Waals surface area contributed by atoms with Gasteiger partial charge in [-0.25, -0.2) is 4.98 Å². The van der Waals surface area contributed by atoms with Crippen molar-refractivity contribution in [2.45, 2.75) is 0 Å². The van der Waals surface area contributed by atoms with Crippen LogP contribution in [0.3, 0.4) is 0 Å². The van der Waals surface area contributed by atoms with Gasteiger partial charge in [0.2, 0.25) is 0 Å². The van der Waals surface area contributed by atoms with Gasteiger partial charge in [-0.3, -0.25) is 4.79 Å². The van der Waals surface area contributed by atoms with Crippen LogP contribution in [0.1, 0.15) is 10.5 Å². The van der Waals surface area contributed by atoms with Crippen LogP contribution in [-0.2, 0) is 4.74 Å². The summed E-state index contributed by atoms with van der Waals surface area (Å²) in [6, 6.07) is 3.40. The van der Waals surface area contributed by atoms with Gasteiger partial charge < -0.3 is 20.3 Å². The number of aromatic nitrogens is 3. The Hall–Kier alpha value is -1.90. The predicted molar refractivity (Wildman–Crippen MR) is 87.3 cm³/mol. The molecule has 0 radical (unpaired) electrons. The largest absolute Gasteiger partial charge is 0.378 e. The molecule has 0 atom stereocenters. The summed E-state index contributed by atoms with van der Waals surface area (Å²) < 4.78 is 7.03. The number of likely N-dealkylation sites (N-methyl/N-ethyl adjacent to an activating group) is 1.